The van der Waals surface area contributed by atoms with Gasteiger partial charge in [-0.3, -0.25) is 4.98 Å². The Morgan fingerprint density at radius 2 is 2.05 bits per heavy atom. The molecule has 1 aliphatic carbocycles. The van der Waals surface area contributed by atoms with Crippen molar-refractivity contribution in [2.45, 2.75) is 45.6 Å². The van der Waals surface area contributed by atoms with E-state index in [1.165, 1.54) is 37.5 Å². The molecular weight excluding hydrogens is 256 g/mol. The second-order valence-electron chi connectivity index (χ2n) is 6.60. The summed E-state index contributed by atoms with van der Waals surface area (Å²) >= 11 is 0. The van der Waals surface area contributed by atoms with E-state index in [9.17, 15) is 0 Å². The van der Waals surface area contributed by atoms with Gasteiger partial charge in [0.05, 0.1) is 11.2 Å². The Balaban J connectivity index is 1.46. The van der Waals surface area contributed by atoms with Crippen molar-refractivity contribution in [1.82, 2.24) is 10.3 Å². The minimum absolute atomic E-state index is 0.882. The molecule has 1 N–H and O–H groups in total. The summed E-state index contributed by atoms with van der Waals surface area (Å²) in [6, 6.07) is 12.6. The van der Waals surface area contributed by atoms with Crippen LogP contribution in [0.4, 0.5) is 0 Å². The normalized spacial score (nSPS) is 22.5. The van der Waals surface area contributed by atoms with Gasteiger partial charge in [0.2, 0.25) is 0 Å². The standard InChI is InChI=1S/C19H26N2/c1-15-5-4-6-16(13-15)11-12-20-14-18-10-9-17-7-2-3-8-19(17)21-18/h2-3,7-10,15-16,20H,4-6,11-14H2,1H3. The maximum absolute atomic E-state index is 4.71. The smallest absolute Gasteiger partial charge is 0.0705 e. The fourth-order valence-corrected chi connectivity index (χ4v) is 3.55. The predicted molar refractivity (Wildman–Crippen MR) is 89.2 cm³/mol. The van der Waals surface area contributed by atoms with Gasteiger partial charge in [-0.15, -0.1) is 0 Å². The van der Waals surface area contributed by atoms with E-state index in [1.54, 1.807) is 0 Å². The van der Waals surface area contributed by atoms with Crippen LogP contribution in [-0.4, -0.2) is 11.5 Å². The Morgan fingerprint density at radius 1 is 1.14 bits per heavy atom. The summed E-state index contributed by atoms with van der Waals surface area (Å²) in [6.07, 6.45) is 7.04. The van der Waals surface area contributed by atoms with Crippen molar-refractivity contribution in [2.75, 3.05) is 6.54 Å². The van der Waals surface area contributed by atoms with E-state index in [0.717, 1.165) is 36.1 Å². The molecule has 0 bridgehead atoms. The monoisotopic (exact) mass is 282 g/mol. The highest BCUT2D eigenvalue weighted by Crippen LogP contribution is 2.30. The van der Waals surface area contributed by atoms with Gasteiger partial charge in [-0.05, 0) is 43.4 Å². The zero-order valence-corrected chi connectivity index (χ0v) is 13.0. The molecule has 0 aliphatic heterocycles. The molecule has 0 radical (unpaired) electrons. The van der Waals surface area contributed by atoms with E-state index in [-0.39, 0.29) is 0 Å². The third kappa shape index (κ3) is 4.04. The first kappa shape index (κ1) is 14.5. The summed E-state index contributed by atoms with van der Waals surface area (Å²) in [4.78, 5) is 4.71. The SMILES string of the molecule is CC1CCCC(CCNCc2ccc3ccccc3n2)C1. The molecule has 0 spiro atoms. The highest BCUT2D eigenvalue weighted by Gasteiger charge is 2.18. The van der Waals surface area contributed by atoms with E-state index in [2.05, 4.69) is 48.6 Å². The molecule has 1 saturated carbocycles. The maximum Gasteiger partial charge on any atom is 0.0705 e. The summed E-state index contributed by atoms with van der Waals surface area (Å²) in [5.41, 5.74) is 2.24. The highest BCUT2D eigenvalue weighted by molar-refractivity contribution is 5.78. The van der Waals surface area contributed by atoms with E-state index >= 15 is 0 Å². The Labute approximate surface area is 128 Å². The van der Waals surface area contributed by atoms with Crippen molar-refractivity contribution in [3.05, 3.63) is 42.1 Å². The third-order valence-electron chi connectivity index (χ3n) is 4.74. The number of nitrogens with zero attached hydrogens (tertiary/aromatic N) is 1. The van der Waals surface area contributed by atoms with E-state index in [4.69, 9.17) is 4.98 Å². The van der Waals surface area contributed by atoms with Crippen LogP contribution in [-0.2, 0) is 6.54 Å². The minimum Gasteiger partial charge on any atom is -0.311 e. The zero-order chi connectivity index (χ0) is 14.5. The molecule has 1 aromatic carbocycles. The molecule has 1 fully saturated rings. The molecule has 2 atom stereocenters. The van der Waals surface area contributed by atoms with Crippen LogP contribution < -0.4 is 5.32 Å². The van der Waals surface area contributed by atoms with Gasteiger partial charge in [0.25, 0.3) is 0 Å². The van der Waals surface area contributed by atoms with E-state index < -0.39 is 0 Å². The molecule has 2 heteroatoms. The molecule has 1 aliphatic rings. The van der Waals surface area contributed by atoms with Gasteiger partial charge in [-0.2, -0.15) is 0 Å². The second kappa shape index (κ2) is 7.04. The van der Waals surface area contributed by atoms with Crippen LogP contribution in [0.25, 0.3) is 10.9 Å². The van der Waals surface area contributed by atoms with Crippen molar-refractivity contribution in [3.8, 4) is 0 Å². The zero-order valence-electron chi connectivity index (χ0n) is 13.0. The number of fused-ring (bicyclic) bond motifs is 1. The number of rotatable bonds is 5. The van der Waals surface area contributed by atoms with Crippen LogP contribution in [0.1, 0.15) is 44.7 Å². The van der Waals surface area contributed by atoms with Crippen LogP contribution in [0, 0.1) is 11.8 Å². The molecule has 2 aromatic rings. The number of hydrogen-bond donors (Lipinski definition) is 1. The predicted octanol–water partition coefficient (Wildman–Crippen LogP) is 4.54. The molecule has 0 saturated heterocycles. The number of aromatic nitrogens is 1. The molecular formula is C19H26N2. The molecule has 2 nitrogen and oxygen atoms in total. The van der Waals surface area contributed by atoms with Gasteiger partial charge in [-0.1, -0.05) is 50.5 Å². The molecule has 112 valence electrons. The van der Waals surface area contributed by atoms with Gasteiger partial charge in [0, 0.05) is 11.9 Å². The number of para-hydroxylation sites is 1. The summed E-state index contributed by atoms with van der Waals surface area (Å²) in [6.45, 7) is 4.40. The summed E-state index contributed by atoms with van der Waals surface area (Å²) in [5, 5.41) is 4.79. The van der Waals surface area contributed by atoms with Crippen molar-refractivity contribution < 1.29 is 0 Å². The average Bonchev–Trinajstić information content (AvgIpc) is 2.51. The van der Waals surface area contributed by atoms with Crippen LogP contribution in [0.3, 0.4) is 0 Å². The van der Waals surface area contributed by atoms with Gasteiger partial charge in [-0.25, -0.2) is 0 Å². The largest absolute Gasteiger partial charge is 0.311 e. The fraction of sp³-hybridized carbons (Fsp3) is 0.526. The summed E-state index contributed by atoms with van der Waals surface area (Å²) in [5.74, 6) is 1.87. The van der Waals surface area contributed by atoms with Crippen LogP contribution in [0.15, 0.2) is 36.4 Å². The molecule has 3 rings (SSSR count). The fourth-order valence-electron chi connectivity index (χ4n) is 3.55. The second-order valence-corrected chi connectivity index (χ2v) is 6.60. The Kier molecular flexibility index (Phi) is 4.87. The number of hydrogen-bond acceptors (Lipinski definition) is 2. The highest BCUT2D eigenvalue weighted by atomic mass is 14.9. The van der Waals surface area contributed by atoms with E-state index in [0.29, 0.717) is 0 Å². The first-order chi connectivity index (χ1) is 10.3. The summed E-state index contributed by atoms with van der Waals surface area (Å²) < 4.78 is 0. The Morgan fingerprint density at radius 3 is 2.95 bits per heavy atom. The molecule has 21 heavy (non-hydrogen) atoms. The maximum atomic E-state index is 4.71. The third-order valence-corrected chi connectivity index (χ3v) is 4.74. The first-order valence-corrected chi connectivity index (χ1v) is 8.36. The Bertz CT molecular complexity index is 579. The quantitative estimate of drug-likeness (QED) is 0.814. The summed E-state index contributed by atoms with van der Waals surface area (Å²) in [7, 11) is 0. The van der Waals surface area contributed by atoms with Crippen LogP contribution >= 0.6 is 0 Å². The lowest BCUT2D eigenvalue weighted by Gasteiger charge is -2.26. The number of nitrogens with one attached hydrogen (secondary N) is 1. The lowest BCUT2D eigenvalue weighted by molar-refractivity contribution is 0.267. The van der Waals surface area contributed by atoms with Crippen molar-refractivity contribution >= 4 is 10.9 Å². The minimum atomic E-state index is 0.882. The topological polar surface area (TPSA) is 24.9 Å². The van der Waals surface area contributed by atoms with Gasteiger partial charge in [0.15, 0.2) is 0 Å². The van der Waals surface area contributed by atoms with Gasteiger partial charge in [0.1, 0.15) is 0 Å². The van der Waals surface area contributed by atoms with Crippen LogP contribution in [0.5, 0.6) is 0 Å². The van der Waals surface area contributed by atoms with E-state index in [1.807, 2.05) is 0 Å². The molecule has 2 unspecified atom stereocenters. The first-order valence-electron chi connectivity index (χ1n) is 8.36. The van der Waals surface area contributed by atoms with Crippen molar-refractivity contribution in [3.63, 3.8) is 0 Å². The Hall–Kier alpha value is -1.41. The number of benzene rings is 1. The lowest BCUT2D eigenvalue weighted by atomic mass is 9.81. The average molecular weight is 282 g/mol. The lowest BCUT2D eigenvalue weighted by Crippen LogP contribution is -2.21. The van der Waals surface area contributed by atoms with Gasteiger partial charge >= 0.3 is 0 Å². The molecule has 1 heterocycles. The van der Waals surface area contributed by atoms with Gasteiger partial charge < -0.3 is 5.32 Å². The molecule has 1 aromatic heterocycles. The van der Waals surface area contributed by atoms with Crippen molar-refractivity contribution in [1.29, 1.82) is 0 Å². The molecule has 0 amide bonds. The van der Waals surface area contributed by atoms with Crippen LogP contribution in [0.2, 0.25) is 0 Å². The van der Waals surface area contributed by atoms with Crippen molar-refractivity contribution in [2.24, 2.45) is 11.8 Å². The number of pyridine rings is 1.